The van der Waals surface area contributed by atoms with E-state index in [1.807, 2.05) is 0 Å². The van der Waals surface area contributed by atoms with Gasteiger partial charge in [-0.3, -0.25) is 10.0 Å². The number of hydrogen-bond donors (Lipinski definition) is 2. The molecule has 1 atom stereocenters. The van der Waals surface area contributed by atoms with Crippen molar-refractivity contribution in [3.63, 3.8) is 0 Å². The Labute approximate surface area is 215 Å². The highest BCUT2D eigenvalue weighted by molar-refractivity contribution is 6.01. The molecule has 2 aromatic rings. The maximum atomic E-state index is 15.9. The quantitative estimate of drug-likeness (QED) is 0.271. The number of nitriles is 1. The van der Waals surface area contributed by atoms with E-state index in [1.54, 1.807) is 6.07 Å². The third-order valence-corrected chi connectivity index (χ3v) is 5.45. The van der Waals surface area contributed by atoms with Crippen LogP contribution in [0.4, 0.5) is 22.0 Å². The van der Waals surface area contributed by atoms with Crippen molar-refractivity contribution in [2.75, 3.05) is 13.6 Å². The Morgan fingerprint density at radius 1 is 1.24 bits per heavy atom. The number of hydrazine groups is 2. The molecule has 2 N–H and O–H groups in total. The molecule has 0 saturated carbocycles. The highest BCUT2D eigenvalue weighted by Gasteiger charge is 2.58. The molecular weight excluding hydrogens is 511 g/mol. The number of halogens is 5. The first-order chi connectivity index (χ1) is 17.9. The van der Waals surface area contributed by atoms with Gasteiger partial charge in [-0.1, -0.05) is 12.6 Å². The van der Waals surface area contributed by atoms with Crippen molar-refractivity contribution in [1.82, 2.24) is 15.7 Å². The van der Waals surface area contributed by atoms with E-state index in [9.17, 15) is 18.3 Å². The predicted molar refractivity (Wildman–Crippen MR) is 129 cm³/mol. The minimum Gasteiger partial charge on any atom is -0.492 e. The van der Waals surface area contributed by atoms with Crippen LogP contribution in [0.3, 0.4) is 0 Å². The molecule has 1 heterocycles. The van der Waals surface area contributed by atoms with Gasteiger partial charge in [0.05, 0.1) is 18.3 Å². The van der Waals surface area contributed by atoms with Gasteiger partial charge in [0.2, 0.25) is 0 Å². The molecule has 200 valence electrons. The Kier molecular flexibility index (Phi) is 8.49. The lowest BCUT2D eigenvalue weighted by molar-refractivity contribution is -0.156. The van der Waals surface area contributed by atoms with Gasteiger partial charge in [0, 0.05) is 18.7 Å². The Hall–Kier alpha value is -4.28. The van der Waals surface area contributed by atoms with E-state index >= 15 is 8.78 Å². The lowest BCUT2D eigenvalue weighted by Crippen LogP contribution is -2.58. The number of β-amino-alcohol motifs (C(OH)–C–C–N with tert-alkyl or cyclic N) is 1. The Morgan fingerprint density at radius 3 is 2.55 bits per heavy atom. The first-order valence-electron chi connectivity index (χ1n) is 11.0. The number of nitrogens with zero attached hydrogens (tertiary/aromatic N) is 5. The standard InChI is InChI=1S/C25H23F5N6O2/c1-4-23(32-12-16(2)38-13-17-5-6-18(11-31)21(27)9-17)25(29,30)24(37,14-36-15-33-35(3)34-36)20-8-7-19(26)10-22(20)28/h4-10,12,15,34,37H,1,13-14H2,2-3H3/b16-12+,32-23?. The fraction of sp³-hybridized carbons (Fsp3) is 0.240. The molecule has 0 fully saturated rings. The van der Waals surface area contributed by atoms with E-state index in [-0.39, 0.29) is 17.9 Å². The van der Waals surface area contributed by atoms with Crippen molar-refractivity contribution in [3.05, 3.63) is 95.2 Å². The van der Waals surface area contributed by atoms with Crippen LogP contribution in [0.5, 0.6) is 0 Å². The van der Waals surface area contributed by atoms with Crippen molar-refractivity contribution in [2.24, 2.45) is 10.1 Å². The second-order valence-corrected chi connectivity index (χ2v) is 8.21. The number of aliphatic imine (C=N–C) groups is 1. The van der Waals surface area contributed by atoms with Gasteiger partial charge in [-0.15, -0.1) is 10.6 Å². The van der Waals surface area contributed by atoms with Crippen LogP contribution in [-0.2, 0) is 16.9 Å². The first kappa shape index (κ1) is 28.3. The number of hydrogen-bond acceptors (Lipinski definition) is 8. The molecule has 1 aliphatic heterocycles. The van der Waals surface area contributed by atoms with Gasteiger partial charge in [-0.05, 0) is 42.8 Å². The molecule has 0 amide bonds. The molecule has 2 aromatic carbocycles. The number of alkyl halides is 2. The Bertz CT molecular complexity index is 1340. The van der Waals surface area contributed by atoms with Crippen LogP contribution < -0.4 is 5.53 Å². The van der Waals surface area contributed by atoms with Crippen LogP contribution in [0.25, 0.3) is 0 Å². The Balaban J connectivity index is 1.91. The molecule has 0 spiro atoms. The lowest BCUT2D eigenvalue weighted by Gasteiger charge is -2.38. The van der Waals surface area contributed by atoms with Crippen LogP contribution >= 0.6 is 0 Å². The number of ether oxygens (including phenoxy) is 1. The average Bonchev–Trinajstić information content (AvgIpc) is 3.26. The average molecular weight is 534 g/mol. The van der Waals surface area contributed by atoms with E-state index in [4.69, 9.17) is 10.00 Å². The van der Waals surface area contributed by atoms with Crippen LogP contribution in [0.2, 0.25) is 0 Å². The summed E-state index contributed by atoms with van der Waals surface area (Å²) in [6.07, 6.45) is 2.70. The summed E-state index contributed by atoms with van der Waals surface area (Å²) in [6, 6.07) is 7.37. The predicted octanol–water partition coefficient (Wildman–Crippen LogP) is 4.11. The van der Waals surface area contributed by atoms with Crippen molar-refractivity contribution in [2.45, 2.75) is 25.1 Å². The van der Waals surface area contributed by atoms with Crippen LogP contribution in [-0.4, -0.2) is 46.8 Å². The molecular formula is C25H23F5N6O2. The summed E-state index contributed by atoms with van der Waals surface area (Å²) in [4.78, 5) is 3.70. The highest BCUT2D eigenvalue weighted by Crippen LogP contribution is 2.41. The summed E-state index contributed by atoms with van der Waals surface area (Å²) in [5.41, 5.74) is -2.42. The smallest absolute Gasteiger partial charge is 0.323 e. The molecule has 0 aromatic heterocycles. The van der Waals surface area contributed by atoms with Crippen LogP contribution in [0.15, 0.2) is 71.1 Å². The summed E-state index contributed by atoms with van der Waals surface area (Å²) in [7, 11) is 1.46. The summed E-state index contributed by atoms with van der Waals surface area (Å²) in [5.74, 6) is -7.39. The zero-order chi connectivity index (χ0) is 28.1. The minimum atomic E-state index is -4.27. The number of aliphatic hydroxyl groups is 1. The number of benzene rings is 2. The molecule has 1 unspecified atom stereocenters. The highest BCUT2D eigenvalue weighted by atomic mass is 19.3. The van der Waals surface area contributed by atoms with E-state index in [0.717, 1.165) is 40.9 Å². The Morgan fingerprint density at radius 2 is 1.97 bits per heavy atom. The summed E-state index contributed by atoms with van der Waals surface area (Å²) >= 11 is 0. The largest absolute Gasteiger partial charge is 0.492 e. The van der Waals surface area contributed by atoms with Crippen molar-refractivity contribution < 1.29 is 31.8 Å². The molecule has 1 aliphatic rings. The van der Waals surface area contributed by atoms with Crippen molar-refractivity contribution >= 4 is 12.1 Å². The number of hydrazone groups is 1. The topological polar surface area (TPSA) is 96.5 Å². The van der Waals surface area contributed by atoms with Gasteiger partial charge in [0.1, 0.15) is 47.9 Å². The van der Waals surface area contributed by atoms with Gasteiger partial charge in [-0.25, -0.2) is 18.3 Å². The van der Waals surface area contributed by atoms with Gasteiger partial charge in [-0.2, -0.15) is 14.0 Å². The second kappa shape index (κ2) is 11.4. The zero-order valence-electron chi connectivity index (χ0n) is 20.3. The van der Waals surface area contributed by atoms with Crippen LogP contribution in [0.1, 0.15) is 23.6 Å². The third kappa shape index (κ3) is 5.99. The summed E-state index contributed by atoms with van der Waals surface area (Å²) in [6.45, 7) is 3.65. The van der Waals surface area contributed by atoms with Gasteiger partial charge >= 0.3 is 5.92 Å². The molecule has 8 nitrogen and oxygen atoms in total. The van der Waals surface area contributed by atoms with Gasteiger partial charge in [0.25, 0.3) is 0 Å². The summed E-state index contributed by atoms with van der Waals surface area (Å²) < 4.78 is 79.2. The maximum absolute atomic E-state index is 15.9. The van der Waals surface area contributed by atoms with E-state index < -0.39 is 46.8 Å². The molecule has 38 heavy (non-hydrogen) atoms. The molecule has 3 rings (SSSR count). The first-order valence-corrected chi connectivity index (χ1v) is 11.0. The maximum Gasteiger partial charge on any atom is 0.323 e. The normalized spacial score (nSPS) is 15.9. The van der Waals surface area contributed by atoms with E-state index in [0.29, 0.717) is 17.7 Å². The lowest BCUT2D eigenvalue weighted by atomic mass is 9.83. The molecule has 0 saturated heterocycles. The number of nitrogens with one attached hydrogen (secondary N) is 1. The fourth-order valence-corrected chi connectivity index (χ4v) is 3.49. The monoisotopic (exact) mass is 534 g/mol. The fourth-order valence-electron chi connectivity index (χ4n) is 3.49. The minimum absolute atomic E-state index is 0.0383. The van der Waals surface area contributed by atoms with E-state index in [2.05, 4.69) is 22.2 Å². The number of allylic oxidation sites excluding steroid dienone is 2. The second-order valence-electron chi connectivity index (χ2n) is 8.21. The van der Waals surface area contributed by atoms with Crippen molar-refractivity contribution in [3.8, 4) is 6.07 Å². The zero-order valence-corrected chi connectivity index (χ0v) is 20.3. The SMILES string of the molecule is C=CC(=N/C=C(\C)OCc1ccc(C#N)c(F)c1)C(F)(F)C(O)(CN1C=NN(C)N1)c1ccc(F)cc1F. The van der Waals surface area contributed by atoms with Crippen LogP contribution in [0, 0.1) is 28.8 Å². The summed E-state index contributed by atoms with van der Waals surface area (Å²) in [5, 5.41) is 26.0. The van der Waals surface area contributed by atoms with Crippen molar-refractivity contribution in [1.29, 1.82) is 5.26 Å². The van der Waals surface area contributed by atoms with E-state index in [1.165, 1.54) is 26.1 Å². The molecule has 13 heteroatoms. The third-order valence-electron chi connectivity index (χ3n) is 5.45. The molecule has 0 radical (unpaired) electrons. The van der Waals surface area contributed by atoms with Gasteiger partial charge in [0.15, 0.2) is 5.60 Å². The molecule has 0 bridgehead atoms. The number of rotatable bonds is 10. The van der Waals surface area contributed by atoms with Gasteiger partial charge < -0.3 is 9.84 Å². The molecule has 0 aliphatic carbocycles.